The Morgan fingerprint density at radius 3 is 2.67 bits per heavy atom. The average Bonchev–Trinajstić information content (AvgIpc) is 2.39. The first kappa shape index (κ1) is 11.0. The summed E-state index contributed by atoms with van der Waals surface area (Å²) in [7, 11) is 0. The number of rotatable bonds is 1. The molecule has 0 bridgehead atoms. The van der Waals surface area contributed by atoms with E-state index in [9.17, 15) is 4.79 Å². The van der Waals surface area contributed by atoms with Crippen LogP contribution < -0.4 is 4.74 Å². The number of ether oxygens (including phenoxy) is 1. The number of ketones is 1. The third-order valence-electron chi connectivity index (χ3n) is 3.25. The molecule has 1 heterocycles. The van der Waals surface area contributed by atoms with E-state index in [-0.39, 0.29) is 11.9 Å². The average molecular weight is 238 g/mol. The fraction of sp³-hybridized carbons (Fsp3) is 0.188. The smallest absolute Gasteiger partial charge is 0.170 e. The van der Waals surface area contributed by atoms with Gasteiger partial charge in [-0.25, -0.2) is 0 Å². The fourth-order valence-corrected chi connectivity index (χ4v) is 2.28. The predicted molar refractivity (Wildman–Crippen MR) is 69.9 cm³/mol. The van der Waals surface area contributed by atoms with Gasteiger partial charge in [0.05, 0.1) is 12.0 Å². The van der Waals surface area contributed by atoms with E-state index in [1.807, 2.05) is 55.5 Å². The second kappa shape index (κ2) is 4.30. The molecule has 2 heteroatoms. The molecule has 18 heavy (non-hydrogen) atoms. The predicted octanol–water partition coefficient (Wildman–Crippen LogP) is 3.70. The van der Waals surface area contributed by atoms with Gasteiger partial charge in [-0.2, -0.15) is 0 Å². The van der Waals surface area contributed by atoms with E-state index in [0.717, 1.165) is 11.1 Å². The lowest BCUT2D eigenvalue weighted by molar-refractivity contribution is 0.0850. The Bertz CT molecular complexity index is 587. The number of aryl methyl sites for hydroxylation is 1. The van der Waals surface area contributed by atoms with E-state index >= 15 is 0 Å². The summed E-state index contributed by atoms with van der Waals surface area (Å²) < 4.78 is 5.95. The molecule has 2 aromatic rings. The maximum Gasteiger partial charge on any atom is 0.170 e. The van der Waals surface area contributed by atoms with Gasteiger partial charge in [-0.15, -0.1) is 0 Å². The highest BCUT2D eigenvalue weighted by atomic mass is 16.5. The Hall–Kier alpha value is -2.09. The van der Waals surface area contributed by atoms with Crippen molar-refractivity contribution in [2.45, 2.75) is 19.4 Å². The molecule has 0 aromatic heterocycles. The van der Waals surface area contributed by atoms with Crippen molar-refractivity contribution in [2.24, 2.45) is 0 Å². The summed E-state index contributed by atoms with van der Waals surface area (Å²) in [6.45, 7) is 2.00. The van der Waals surface area contributed by atoms with Crippen molar-refractivity contribution in [2.75, 3.05) is 0 Å². The van der Waals surface area contributed by atoms with Crippen LogP contribution in [0.2, 0.25) is 0 Å². The Morgan fingerprint density at radius 1 is 1.11 bits per heavy atom. The molecule has 0 amide bonds. The lowest BCUT2D eigenvalue weighted by Gasteiger charge is -2.25. The normalized spacial score (nSPS) is 18.1. The van der Waals surface area contributed by atoms with Crippen LogP contribution in [-0.2, 0) is 0 Å². The third-order valence-corrected chi connectivity index (χ3v) is 3.25. The van der Waals surface area contributed by atoms with Crippen LogP contribution in [0.5, 0.6) is 5.75 Å². The second-order valence-corrected chi connectivity index (χ2v) is 4.64. The molecule has 0 aliphatic carbocycles. The highest BCUT2D eigenvalue weighted by molar-refractivity contribution is 6.00. The minimum absolute atomic E-state index is 0.158. The van der Waals surface area contributed by atoms with Crippen molar-refractivity contribution < 1.29 is 9.53 Å². The van der Waals surface area contributed by atoms with E-state index in [1.54, 1.807) is 0 Å². The van der Waals surface area contributed by atoms with E-state index in [4.69, 9.17) is 4.74 Å². The van der Waals surface area contributed by atoms with Crippen LogP contribution in [0.25, 0.3) is 0 Å². The van der Waals surface area contributed by atoms with Gasteiger partial charge in [0.25, 0.3) is 0 Å². The molecule has 1 aliphatic heterocycles. The number of benzene rings is 2. The largest absolute Gasteiger partial charge is 0.484 e. The van der Waals surface area contributed by atoms with Gasteiger partial charge in [0, 0.05) is 0 Å². The summed E-state index contributed by atoms with van der Waals surface area (Å²) in [6.07, 6.45) is 0.257. The van der Waals surface area contributed by atoms with Crippen molar-refractivity contribution in [3.63, 3.8) is 0 Å². The van der Waals surface area contributed by atoms with Gasteiger partial charge >= 0.3 is 0 Å². The van der Waals surface area contributed by atoms with Crippen LogP contribution in [0.4, 0.5) is 0 Å². The Balaban J connectivity index is 1.98. The number of fused-ring (bicyclic) bond motifs is 1. The Morgan fingerprint density at radius 2 is 1.89 bits per heavy atom. The molecule has 90 valence electrons. The molecule has 3 rings (SSSR count). The summed E-state index contributed by atoms with van der Waals surface area (Å²) in [6, 6.07) is 15.6. The topological polar surface area (TPSA) is 26.3 Å². The molecular weight excluding hydrogens is 224 g/mol. The highest BCUT2D eigenvalue weighted by Crippen LogP contribution is 2.35. The lowest BCUT2D eigenvalue weighted by atomic mass is 9.95. The molecule has 0 saturated heterocycles. The van der Waals surface area contributed by atoms with Crippen molar-refractivity contribution in [3.8, 4) is 5.75 Å². The SMILES string of the molecule is Cc1ccc2c(c1)O[C@@H](c1ccccc1)CC2=O. The summed E-state index contributed by atoms with van der Waals surface area (Å²) >= 11 is 0. The molecule has 2 aromatic carbocycles. The van der Waals surface area contributed by atoms with Gasteiger partial charge < -0.3 is 4.74 Å². The first-order valence-corrected chi connectivity index (χ1v) is 6.09. The summed E-state index contributed by atoms with van der Waals surface area (Å²) in [4.78, 5) is 12.1. The van der Waals surface area contributed by atoms with E-state index in [2.05, 4.69) is 0 Å². The number of Topliss-reactive ketones (excluding diaryl/α,β-unsaturated/α-hetero) is 1. The quantitative estimate of drug-likeness (QED) is 0.757. The van der Waals surface area contributed by atoms with Crippen molar-refractivity contribution in [1.82, 2.24) is 0 Å². The zero-order chi connectivity index (χ0) is 12.5. The maximum absolute atomic E-state index is 12.1. The lowest BCUT2D eigenvalue weighted by Crippen LogP contribution is -2.20. The molecule has 1 atom stereocenters. The number of hydrogen-bond acceptors (Lipinski definition) is 2. The second-order valence-electron chi connectivity index (χ2n) is 4.64. The summed E-state index contributed by atoms with van der Waals surface area (Å²) in [5.74, 6) is 0.866. The summed E-state index contributed by atoms with van der Waals surface area (Å²) in [5, 5.41) is 0. The van der Waals surface area contributed by atoms with Gasteiger partial charge in [0.1, 0.15) is 11.9 Å². The van der Waals surface area contributed by atoms with Gasteiger partial charge in [-0.05, 0) is 30.2 Å². The van der Waals surface area contributed by atoms with Gasteiger partial charge in [-0.1, -0.05) is 36.4 Å². The maximum atomic E-state index is 12.1. The highest BCUT2D eigenvalue weighted by Gasteiger charge is 2.27. The van der Waals surface area contributed by atoms with E-state index in [1.165, 1.54) is 0 Å². The molecule has 0 unspecified atom stereocenters. The zero-order valence-corrected chi connectivity index (χ0v) is 10.2. The molecule has 0 spiro atoms. The molecule has 0 fully saturated rings. The monoisotopic (exact) mass is 238 g/mol. The van der Waals surface area contributed by atoms with E-state index in [0.29, 0.717) is 17.7 Å². The summed E-state index contributed by atoms with van der Waals surface area (Å²) in [5.41, 5.74) is 2.86. The van der Waals surface area contributed by atoms with Crippen molar-refractivity contribution in [1.29, 1.82) is 0 Å². The van der Waals surface area contributed by atoms with Gasteiger partial charge in [0.15, 0.2) is 5.78 Å². The van der Waals surface area contributed by atoms with Crippen LogP contribution in [0.15, 0.2) is 48.5 Å². The molecule has 0 radical (unpaired) electrons. The molecule has 2 nitrogen and oxygen atoms in total. The Kier molecular flexibility index (Phi) is 2.63. The fourth-order valence-electron chi connectivity index (χ4n) is 2.28. The van der Waals surface area contributed by atoms with Crippen LogP contribution in [-0.4, -0.2) is 5.78 Å². The van der Waals surface area contributed by atoms with Crippen LogP contribution in [0, 0.1) is 6.92 Å². The minimum Gasteiger partial charge on any atom is -0.484 e. The first-order valence-electron chi connectivity index (χ1n) is 6.09. The molecule has 0 saturated carbocycles. The van der Waals surface area contributed by atoms with Crippen LogP contribution >= 0.6 is 0 Å². The molecule has 1 aliphatic rings. The molecular formula is C16H14O2. The van der Waals surface area contributed by atoms with Gasteiger partial charge in [-0.3, -0.25) is 4.79 Å². The third kappa shape index (κ3) is 1.90. The van der Waals surface area contributed by atoms with Crippen LogP contribution in [0.3, 0.4) is 0 Å². The number of carbonyl (C=O) groups is 1. The van der Waals surface area contributed by atoms with Crippen molar-refractivity contribution in [3.05, 3.63) is 65.2 Å². The standard InChI is InChI=1S/C16H14O2/c1-11-7-8-13-14(17)10-15(18-16(13)9-11)12-5-3-2-4-6-12/h2-9,15H,10H2,1H3/t15-/m1/s1. The minimum atomic E-state index is -0.159. The first-order chi connectivity index (χ1) is 8.74. The van der Waals surface area contributed by atoms with Crippen molar-refractivity contribution >= 4 is 5.78 Å². The number of carbonyl (C=O) groups excluding carboxylic acids is 1. The van der Waals surface area contributed by atoms with Gasteiger partial charge in [0.2, 0.25) is 0 Å². The molecule has 0 N–H and O–H groups in total. The zero-order valence-electron chi connectivity index (χ0n) is 10.2. The van der Waals surface area contributed by atoms with Crippen LogP contribution in [0.1, 0.15) is 34.0 Å². The van der Waals surface area contributed by atoms with E-state index < -0.39 is 0 Å². The Labute approximate surface area is 106 Å². The number of hydrogen-bond donors (Lipinski definition) is 0.